The van der Waals surface area contributed by atoms with Crippen LogP contribution >= 0.6 is 39.0 Å². The standard InChI is InChI=1S/C14H14BrNOS2/c1-10-9-12(19-13(10)15)14(17)16-7-8-18-11-5-3-2-4-6-11/h2-6,9H,7-8H2,1H3,(H,16,17). The van der Waals surface area contributed by atoms with Crippen LogP contribution in [0.25, 0.3) is 0 Å². The highest BCUT2D eigenvalue weighted by molar-refractivity contribution is 9.11. The zero-order valence-corrected chi connectivity index (χ0v) is 13.7. The zero-order valence-electron chi connectivity index (χ0n) is 10.5. The van der Waals surface area contributed by atoms with Crippen molar-refractivity contribution in [2.24, 2.45) is 0 Å². The third-order valence-electron chi connectivity index (χ3n) is 2.48. The largest absolute Gasteiger partial charge is 0.350 e. The van der Waals surface area contributed by atoms with Crippen LogP contribution in [0.2, 0.25) is 0 Å². The maximum atomic E-state index is 11.9. The molecule has 0 radical (unpaired) electrons. The summed E-state index contributed by atoms with van der Waals surface area (Å²) in [6.07, 6.45) is 0. The van der Waals surface area contributed by atoms with Gasteiger partial charge in [0.25, 0.3) is 5.91 Å². The minimum atomic E-state index is 0.00691. The molecule has 1 heterocycles. The first-order valence-electron chi connectivity index (χ1n) is 5.89. The number of hydrogen-bond donors (Lipinski definition) is 1. The number of carbonyl (C=O) groups is 1. The molecule has 2 rings (SSSR count). The van der Waals surface area contributed by atoms with Crippen LogP contribution < -0.4 is 5.32 Å². The van der Waals surface area contributed by atoms with Gasteiger partial charge in [-0.2, -0.15) is 0 Å². The number of halogens is 1. The molecule has 1 aromatic carbocycles. The summed E-state index contributed by atoms with van der Waals surface area (Å²) >= 11 is 6.65. The number of aryl methyl sites for hydroxylation is 1. The second-order valence-corrected chi connectivity index (χ2v) is 7.52. The van der Waals surface area contributed by atoms with E-state index in [9.17, 15) is 4.79 Å². The van der Waals surface area contributed by atoms with Crippen LogP contribution in [-0.4, -0.2) is 18.2 Å². The molecule has 0 saturated heterocycles. The Morgan fingerprint density at radius 1 is 1.37 bits per heavy atom. The van der Waals surface area contributed by atoms with Gasteiger partial charge in [0.15, 0.2) is 0 Å². The van der Waals surface area contributed by atoms with Crippen LogP contribution in [0, 0.1) is 6.92 Å². The van der Waals surface area contributed by atoms with Crippen molar-refractivity contribution in [3.05, 3.63) is 50.6 Å². The lowest BCUT2D eigenvalue weighted by molar-refractivity contribution is 0.0960. The van der Waals surface area contributed by atoms with E-state index in [1.165, 1.54) is 16.2 Å². The lowest BCUT2D eigenvalue weighted by Crippen LogP contribution is -2.24. The molecule has 2 aromatic rings. The maximum absolute atomic E-state index is 11.9. The highest BCUT2D eigenvalue weighted by atomic mass is 79.9. The summed E-state index contributed by atoms with van der Waals surface area (Å²) in [4.78, 5) is 13.9. The highest BCUT2D eigenvalue weighted by Gasteiger charge is 2.10. The average molecular weight is 356 g/mol. The molecular weight excluding hydrogens is 342 g/mol. The number of thioether (sulfide) groups is 1. The van der Waals surface area contributed by atoms with Crippen molar-refractivity contribution < 1.29 is 4.79 Å². The van der Waals surface area contributed by atoms with Crippen LogP contribution in [0.3, 0.4) is 0 Å². The summed E-state index contributed by atoms with van der Waals surface area (Å²) < 4.78 is 1.02. The Hall–Kier alpha value is -0.780. The monoisotopic (exact) mass is 355 g/mol. The summed E-state index contributed by atoms with van der Waals surface area (Å²) in [5, 5.41) is 2.94. The molecule has 1 N–H and O–H groups in total. The molecule has 1 amide bonds. The first-order valence-corrected chi connectivity index (χ1v) is 8.48. The van der Waals surface area contributed by atoms with E-state index in [0.717, 1.165) is 20.0 Å². The third-order valence-corrected chi connectivity index (χ3v) is 5.63. The molecule has 5 heteroatoms. The van der Waals surface area contributed by atoms with Crippen LogP contribution in [0.1, 0.15) is 15.2 Å². The van der Waals surface area contributed by atoms with Gasteiger partial charge in [-0.15, -0.1) is 23.1 Å². The van der Waals surface area contributed by atoms with E-state index in [1.807, 2.05) is 31.2 Å². The van der Waals surface area contributed by atoms with Gasteiger partial charge in [0, 0.05) is 17.2 Å². The molecule has 19 heavy (non-hydrogen) atoms. The van der Waals surface area contributed by atoms with Gasteiger partial charge >= 0.3 is 0 Å². The van der Waals surface area contributed by atoms with E-state index >= 15 is 0 Å². The first kappa shape index (κ1) is 14.6. The van der Waals surface area contributed by atoms with Gasteiger partial charge in [-0.05, 0) is 46.6 Å². The molecule has 0 fully saturated rings. The van der Waals surface area contributed by atoms with Gasteiger partial charge < -0.3 is 5.32 Å². The zero-order chi connectivity index (χ0) is 13.7. The molecule has 0 bridgehead atoms. The Labute approximate surface area is 129 Å². The normalized spacial score (nSPS) is 10.4. The first-order chi connectivity index (χ1) is 9.16. The second-order valence-electron chi connectivity index (χ2n) is 3.98. The predicted octanol–water partition coefficient (Wildman–Crippen LogP) is 4.34. The molecule has 0 spiro atoms. The van der Waals surface area contributed by atoms with Crippen molar-refractivity contribution >= 4 is 44.9 Å². The minimum absolute atomic E-state index is 0.00691. The number of rotatable bonds is 5. The van der Waals surface area contributed by atoms with E-state index in [1.54, 1.807) is 11.8 Å². The van der Waals surface area contributed by atoms with Crippen molar-refractivity contribution in [1.29, 1.82) is 0 Å². The summed E-state index contributed by atoms with van der Waals surface area (Å²) in [7, 11) is 0. The van der Waals surface area contributed by atoms with Crippen molar-refractivity contribution in [2.75, 3.05) is 12.3 Å². The number of nitrogens with one attached hydrogen (secondary N) is 1. The number of hydrogen-bond acceptors (Lipinski definition) is 3. The van der Waals surface area contributed by atoms with Crippen molar-refractivity contribution in [3.8, 4) is 0 Å². The fourth-order valence-electron chi connectivity index (χ4n) is 1.51. The van der Waals surface area contributed by atoms with Crippen LogP contribution in [0.15, 0.2) is 45.1 Å². The van der Waals surface area contributed by atoms with Crippen LogP contribution in [-0.2, 0) is 0 Å². The topological polar surface area (TPSA) is 29.1 Å². The minimum Gasteiger partial charge on any atom is -0.350 e. The Morgan fingerprint density at radius 2 is 2.11 bits per heavy atom. The SMILES string of the molecule is Cc1cc(C(=O)NCCSc2ccccc2)sc1Br. The maximum Gasteiger partial charge on any atom is 0.261 e. The summed E-state index contributed by atoms with van der Waals surface area (Å²) in [6.45, 7) is 2.66. The molecular formula is C14H14BrNOS2. The van der Waals surface area contributed by atoms with E-state index in [2.05, 4.69) is 33.4 Å². The van der Waals surface area contributed by atoms with E-state index in [-0.39, 0.29) is 5.91 Å². The molecule has 0 unspecified atom stereocenters. The van der Waals surface area contributed by atoms with Crippen molar-refractivity contribution in [2.45, 2.75) is 11.8 Å². The van der Waals surface area contributed by atoms with Gasteiger partial charge in [0.1, 0.15) is 0 Å². The summed E-state index contributed by atoms with van der Waals surface area (Å²) in [5.74, 6) is 0.883. The Bertz CT molecular complexity index is 534. The van der Waals surface area contributed by atoms with Crippen LogP contribution in [0.4, 0.5) is 0 Å². The van der Waals surface area contributed by atoms with Crippen molar-refractivity contribution in [3.63, 3.8) is 0 Å². The van der Waals surface area contributed by atoms with Gasteiger partial charge in [-0.25, -0.2) is 0 Å². The van der Waals surface area contributed by atoms with E-state index in [4.69, 9.17) is 0 Å². The Balaban J connectivity index is 1.75. The fraction of sp³-hybridized carbons (Fsp3) is 0.214. The van der Waals surface area contributed by atoms with Gasteiger partial charge in [0.2, 0.25) is 0 Å². The number of thiophene rings is 1. The van der Waals surface area contributed by atoms with E-state index in [0.29, 0.717) is 6.54 Å². The average Bonchev–Trinajstić information content (AvgIpc) is 2.76. The van der Waals surface area contributed by atoms with Gasteiger partial charge in [-0.3, -0.25) is 4.79 Å². The quantitative estimate of drug-likeness (QED) is 0.638. The molecule has 2 nitrogen and oxygen atoms in total. The van der Waals surface area contributed by atoms with Crippen molar-refractivity contribution in [1.82, 2.24) is 5.32 Å². The molecule has 100 valence electrons. The molecule has 0 aliphatic heterocycles. The molecule has 0 saturated carbocycles. The molecule has 0 aliphatic carbocycles. The fourth-order valence-corrected chi connectivity index (χ4v) is 3.75. The smallest absolute Gasteiger partial charge is 0.261 e. The third kappa shape index (κ3) is 4.37. The van der Waals surface area contributed by atoms with Gasteiger partial charge in [-0.1, -0.05) is 18.2 Å². The van der Waals surface area contributed by atoms with Gasteiger partial charge in [0.05, 0.1) is 8.66 Å². The second kappa shape index (κ2) is 7.12. The number of benzene rings is 1. The molecule has 0 aliphatic rings. The lowest BCUT2D eigenvalue weighted by atomic mass is 10.3. The summed E-state index contributed by atoms with van der Waals surface area (Å²) in [6, 6.07) is 12.1. The predicted molar refractivity (Wildman–Crippen MR) is 86.3 cm³/mol. The number of carbonyl (C=O) groups excluding carboxylic acids is 1. The number of amides is 1. The Kier molecular flexibility index (Phi) is 5.48. The molecule has 0 atom stereocenters. The lowest BCUT2D eigenvalue weighted by Gasteiger charge is -2.03. The van der Waals surface area contributed by atoms with Crippen LogP contribution in [0.5, 0.6) is 0 Å². The molecule has 1 aromatic heterocycles. The summed E-state index contributed by atoms with van der Waals surface area (Å²) in [5.41, 5.74) is 1.11. The Morgan fingerprint density at radius 3 is 2.74 bits per heavy atom. The van der Waals surface area contributed by atoms with E-state index < -0.39 is 0 Å². The highest BCUT2D eigenvalue weighted by Crippen LogP contribution is 2.27.